The molecule has 17 heavy (non-hydrogen) atoms. The predicted molar refractivity (Wildman–Crippen MR) is 69.6 cm³/mol. The van der Waals surface area contributed by atoms with Crippen LogP contribution >= 0.6 is 11.6 Å². The standard InChI is InChI=1S/C10H21ClN2O3S/c1-8(5-11)7-17(15,16)12-6-9(14)13-10(2,3)4/h8,12H,5-7H2,1-4H3,(H,13,14). The molecule has 1 amide bonds. The smallest absolute Gasteiger partial charge is 0.235 e. The summed E-state index contributed by atoms with van der Waals surface area (Å²) in [5, 5.41) is 2.67. The second kappa shape index (κ2) is 6.56. The number of rotatable bonds is 6. The van der Waals surface area contributed by atoms with Gasteiger partial charge in [-0.05, 0) is 26.7 Å². The van der Waals surface area contributed by atoms with E-state index in [0.29, 0.717) is 0 Å². The number of nitrogens with one attached hydrogen (secondary N) is 2. The third-order valence-electron chi connectivity index (χ3n) is 1.73. The van der Waals surface area contributed by atoms with Gasteiger partial charge in [0.2, 0.25) is 15.9 Å². The molecule has 5 nitrogen and oxygen atoms in total. The summed E-state index contributed by atoms with van der Waals surface area (Å²) in [6.07, 6.45) is 0. The number of hydrogen-bond acceptors (Lipinski definition) is 3. The van der Waals surface area contributed by atoms with E-state index in [1.54, 1.807) is 6.92 Å². The zero-order valence-corrected chi connectivity index (χ0v) is 12.3. The van der Waals surface area contributed by atoms with Gasteiger partial charge >= 0.3 is 0 Å². The lowest BCUT2D eigenvalue weighted by molar-refractivity contribution is -0.121. The lowest BCUT2D eigenvalue weighted by Crippen LogP contribution is -2.46. The van der Waals surface area contributed by atoms with Crippen molar-refractivity contribution in [2.24, 2.45) is 5.92 Å². The molecule has 102 valence electrons. The van der Waals surface area contributed by atoms with Crippen molar-refractivity contribution in [1.29, 1.82) is 0 Å². The summed E-state index contributed by atoms with van der Waals surface area (Å²) in [4.78, 5) is 11.4. The molecule has 0 aliphatic heterocycles. The Morgan fingerprint density at radius 1 is 1.35 bits per heavy atom. The van der Waals surface area contributed by atoms with Crippen LogP contribution in [0.15, 0.2) is 0 Å². The second-order valence-electron chi connectivity index (χ2n) is 5.16. The Labute approximate surface area is 108 Å². The first-order chi connectivity index (χ1) is 7.56. The Balaban J connectivity index is 4.15. The van der Waals surface area contributed by atoms with Crippen molar-refractivity contribution in [2.75, 3.05) is 18.2 Å². The van der Waals surface area contributed by atoms with Crippen LogP contribution in [0.2, 0.25) is 0 Å². The van der Waals surface area contributed by atoms with Crippen LogP contribution in [-0.2, 0) is 14.8 Å². The van der Waals surface area contributed by atoms with E-state index in [9.17, 15) is 13.2 Å². The summed E-state index contributed by atoms with van der Waals surface area (Å²) in [6.45, 7) is 6.98. The molecular formula is C10H21ClN2O3S. The number of alkyl halides is 1. The van der Waals surface area contributed by atoms with Gasteiger partial charge < -0.3 is 5.32 Å². The SMILES string of the molecule is CC(CCl)CS(=O)(=O)NCC(=O)NC(C)(C)C. The van der Waals surface area contributed by atoms with Gasteiger partial charge in [0.05, 0.1) is 12.3 Å². The van der Waals surface area contributed by atoms with Crippen molar-refractivity contribution < 1.29 is 13.2 Å². The molecule has 0 spiro atoms. The van der Waals surface area contributed by atoms with Gasteiger partial charge in [-0.1, -0.05) is 6.92 Å². The Hall–Kier alpha value is -0.330. The largest absolute Gasteiger partial charge is 0.350 e. The number of amides is 1. The van der Waals surface area contributed by atoms with E-state index >= 15 is 0 Å². The lowest BCUT2D eigenvalue weighted by atomic mass is 10.1. The van der Waals surface area contributed by atoms with Crippen LogP contribution in [0.4, 0.5) is 0 Å². The number of halogens is 1. The summed E-state index contributed by atoms with van der Waals surface area (Å²) < 4.78 is 25.3. The molecule has 0 rings (SSSR count). The molecule has 1 unspecified atom stereocenters. The van der Waals surface area contributed by atoms with Crippen molar-refractivity contribution in [3.63, 3.8) is 0 Å². The van der Waals surface area contributed by atoms with E-state index in [4.69, 9.17) is 11.6 Å². The summed E-state index contributed by atoms with van der Waals surface area (Å²) in [6, 6.07) is 0. The van der Waals surface area contributed by atoms with Crippen LogP contribution in [-0.4, -0.2) is 38.0 Å². The van der Waals surface area contributed by atoms with Crippen LogP contribution < -0.4 is 10.0 Å². The normalized spacial score (nSPS) is 14.4. The van der Waals surface area contributed by atoms with E-state index in [0.717, 1.165) is 0 Å². The molecule has 0 radical (unpaired) electrons. The zero-order valence-electron chi connectivity index (χ0n) is 10.7. The molecule has 1 atom stereocenters. The molecule has 0 aromatic rings. The van der Waals surface area contributed by atoms with E-state index in [2.05, 4.69) is 10.0 Å². The first-order valence-corrected chi connectivity index (χ1v) is 7.59. The third-order valence-corrected chi connectivity index (χ3v) is 3.85. The molecule has 0 aromatic heterocycles. The molecule has 0 aliphatic carbocycles. The van der Waals surface area contributed by atoms with Crippen LogP contribution in [0.25, 0.3) is 0 Å². The van der Waals surface area contributed by atoms with Crippen LogP contribution in [0.3, 0.4) is 0 Å². The maximum Gasteiger partial charge on any atom is 0.235 e. The minimum absolute atomic E-state index is 0.0701. The molecule has 0 aromatic carbocycles. The maximum absolute atomic E-state index is 11.5. The lowest BCUT2D eigenvalue weighted by Gasteiger charge is -2.20. The fraction of sp³-hybridized carbons (Fsp3) is 0.900. The molecule has 0 bridgehead atoms. The Bertz CT molecular complexity index is 349. The number of sulfonamides is 1. The van der Waals surface area contributed by atoms with Gasteiger partial charge in [-0.2, -0.15) is 0 Å². The van der Waals surface area contributed by atoms with Gasteiger partial charge in [-0.25, -0.2) is 13.1 Å². The van der Waals surface area contributed by atoms with Gasteiger partial charge in [0, 0.05) is 11.4 Å². The minimum atomic E-state index is -3.44. The first kappa shape index (κ1) is 16.7. The van der Waals surface area contributed by atoms with Crippen molar-refractivity contribution in [1.82, 2.24) is 10.0 Å². The Kier molecular flexibility index (Phi) is 6.43. The summed E-state index contributed by atoms with van der Waals surface area (Å²) >= 11 is 5.54. The number of carbonyl (C=O) groups is 1. The zero-order chi connectivity index (χ0) is 13.7. The maximum atomic E-state index is 11.5. The van der Waals surface area contributed by atoms with E-state index in [1.165, 1.54) is 0 Å². The Morgan fingerprint density at radius 2 is 1.88 bits per heavy atom. The van der Waals surface area contributed by atoms with Crippen molar-refractivity contribution in [3.05, 3.63) is 0 Å². The van der Waals surface area contributed by atoms with E-state index in [-0.39, 0.29) is 35.5 Å². The number of carbonyl (C=O) groups excluding carboxylic acids is 1. The van der Waals surface area contributed by atoms with Gasteiger partial charge in [0.1, 0.15) is 0 Å². The van der Waals surface area contributed by atoms with Gasteiger partial charge in [0.15, 0.2) is 0 Å². The van der Waals surface area contributed by atoms with Crippen LogP contribution in [0, 0.1) is 5.92 Å². The predicted octanol–water partition coefficient (Wildman–Crippen LogP) is 0.695. The fourth-order valence-electron chi connectivity index (χ4n) is 1.12. The fourth-order valence-corrected chi connectivity index (χ4v) is 2.69. The minimum Gasteiger partial charge on any atom is -0.350 e. The highest BCUT2D eigenvalue weighted by Crippen LogP contribution is 2.02. The molecule has 0 saturated heterocycles. The summed E-state index contributed by atoms with van der Waals surface area (Å²) in [5.74, 6) is -0.284. The highest BCUT2D eigenvalue weighted by atomic mass is 35.5. The topological polar surface area (TPSA) is 75.3 Å². The van der Waals surface area contributed by atoms with Crippen molar-refractivity contribution in [2.45, 2.75) is 33.2 Å². The number of hydrogen-bond donors (Lipinski definition) is 2. The highest BCUT2D eigenvalue weighted by molar-refractivity contribution is 7.89. The quantitative estimate of drug-likeness (QED) is 0.705. The van der Waals surface area contributed by atoms with Crippen LogP contribution in [0.5, 0.6) is 0 Å². The summed E-state index contributed by atoms with van der Waals surface area (Å²) in [7, 11) is -3.44. The van der Waals surface area contributed by atoms with Crippen molar-refractivity contribution in [3.8, 4) is 0 Å². The Morgan fingerprint density at radius 3 is 2.29 bits per heavy atom. The third kappa shape index (κ3) is 9.38. The van der Waals surface area contributed by atoms with E-state index < -0.39 is 10.0 Å². The first-order valence-electron chi connectivity index (χ1n) is 5.40. The highest BCUT2D eigenvalue weighted by Gasteiger charge is 2.18. The molecule has 0 fully saturated rings. The molecule has 7 heteroatoms. The average Bonchev–Trinajstić information content (AvgIpc) is 2.11. The van der Waals surface area contributed by atoms with E-state index in [1.807, 2.05) is 20.8 Å². The molecule has 0 heterocycles. The van der Waals surface area contributed by atoms with Gasteiger partial charge in [-0.15, -0.1) is 11.6 Å². The monoisotopic (exact) mass is 284 g/mol. The molecule has 0 aliphatic rings. The van der Waals surface area contributed by atoms with Gasteiger partial charge in [0.25, 0.3) is 0 Å². The molecule has 0 saturated carbocycles. The van der Waals surface area contributed by atoms with Crippen molar-refractivity contribution >= 4 is 27.5 Å². The second-order valence-corrected chi connectivity index (χ2v) is 7.32. The summed E-state index contributed by atoms with van der Waals surface area (Å²) in [5.41, 5.74) is -0.369. The molecular weight excluding hydrogens is 264 g/mol. The molecule has 2 N–H and O–H groups in total. The van der Waals surface area contributed by atoms with Crippen LogP contribution in [0.1, 0.15) is 27.7 Å². The average molecular weight is 285 g/mol. The van der Waals surface area contributed by atoms with Gasteiger partial charge in [-0.3, -0.25) is 4.79 Å².